The van der Waals surface area contributed by atoms with E-state index in [0.29, 0.717) is 47.3 Å². The van der Waals surface area contributed by atoms with E-state index < -0.39 is 14.8 Å². The van der Waals surface area contributed by atoms with Crippen LogP contribution in [0.2, 0.25) is 0 Å². The van der Waals surface area contributed by atoms with Gasteiger partial charge in [-0.1, -0.05) is 30.3 Å². The molecule has 3 aromatic carbocycles. The molecule has 0 radical (unpaired) electrons. The van der Waals surface area contributed by atoms with Crippen molar-refractivity contribution in [3.05, 3.63) is 126 Å². The Kier molecular flexibility index (Phi) is 7.17. The van der Waals surface area contributed by atoms with Crippen LogP contribution >= 0.6 is 0 Å². The second-order valence-electron chi connectivity index (χ2n) is 9.26. The summed E-state index contributed by atoms with van der Waals surface area (Å²) in [5.74, 6) is 0.125. The van der Waals surface area contributed by atoms with Crippen molar-refractivity contribution in [1.82, 2.24) is 4.98 Å². The van der Waals surface area contributed by atoms with Gasteiger partial charge in [0.25, 0.3) is 17.1 Å². The van der Waals surface area contributed by atoms with E-state index in [-0.39, 0.29) is 28.4 Å². The number of anilines is 2. The lowest BCUT2D eigenvalue weighted by atomic mass is 9.83. The summed E-state index contributed by atoms with van der Waals surface area (Å²) in [6.45, 7) is 0. The minimum Gasteiger partial charge on any atom is -0.339 e. The normalized spacial score (nSPS) is 13.2. The van der Waals surface area contributed by atoms with Gasteiger partial charge < -0.3 is 5.32 Å². The lowest BCUT2D eigenvalue weighted by molar-refractivity contribution is -0.385. The van der Waals surface area contributed by atoms with E-state index in [9.17, 15) is 35.6 Å². The molecule has 0 unspecified atom stereocenters. The molecule has 0 bridgehead atoms. The van der Waals surface area contributed by atoms with Crippen LogP contribution in [-0.4, -0.2) is 19.8 Å². The topological polar surface area (TPSA) is 178 Å². The predicted octanol–water partition coefficient (Wildman–Crippen LogP) is 6.97. The molecule has 1 aromatic heterocycles. The fourth-order valence-electron chi connectivity index (χ4n) is 4.90. The molecule has 12 heteroatoms. The van der Waals surface area contributed by atoms with Crippen LogP contribution in [0, 0.1) is 41.7 Å². The summed E-state index contributed by atoms with van der Waals surface area (Å²) in [7, 11) is 0. The molecular weight excluding hydrogens is 528 g/mol. The van der Waals surface area contributed by atoms with Crippen LogP contribution < -0.4 is 5.32 Å². The predicted molar refractivity (Wildman–Crippen MR) is 151 cm³/mol. The summed E-state index contributed by atoms with van der Waals surface area (Å²) in [5, 5.41) is 47.5. The SMILES string of the molecule is N#Cc1c(Nc2cccc([N+](=O)[O-])c2)nc2c(c1-c1cccc([N+](=O)[O-])c1)CCC/C2=C/c1cccc([N+](=O)[O-])c1. The van der Waals surface area contributed by atoms with E-state index in [1.165, 1.54) is 48.5 Å². The summed E-state index contributed by atoms with van der Waals surface area (Å²) in [6.07, 6.45) is 3.63. The van der Waals surface area contributed by atoms with E-state index >= 15 is 0 Å². The Balaban J connectivity index is 1.75. The summed E-state index contributed by atoms with van der Waals surface area (Å²) in [4.78, 5) is 37.5. The molecule has 41 heavy (non-hydrogen) atoms. The number of fused-ring (bicyclic) bond motifs is 1. The second kappa shape index (κ2) is 11.0. The number of aromatic nitrogens is 1. The van der Waals surface area contributed by atoms with Gasteiger partial charge in [-0.15, -0.1) is 0 Å². The zero-order chi connectivity index (χ0) is 29.1. The van der Waals surface area contributed by atoms with E-state index in [1.807, 2.05) is 0 Å². The highest BCUT2D eigenvalue weighted by molar-refractivity contribution is 5.90. The number of non-ortho nitro benzene ring substituents is 3. The lowest BCUT2D eigenvalue weighted by Crippen LogP contribution is -2.12. The van der Waals surface area contributed by atoms with Crippen molar-refractivity contribution < 1.29 is 14.8 Å². The molecule has 0 amide bonds. The smallest absolute Gasteiger partial charge is 0.271 e. The van der Waals surface area contributed by atoms with Crippen molar-refractivity contribution in [1.29, 1.82) is 5.26 Å². The van der Waals surface area contributed by atoms with Crippen LogP contribution in [-0.2, 0) is 6.42 Å². The van der Waals surface area contributed by atoms with Gasteiger partial charge in [-0.05, 0) is 53.7 Å². The molecule has 0 spiro atoms. The molecule has 0 saturated carbocycles. The average molecular weight is 549 g/mol. The van der Waals surface area contributed by atoms with Crippen LogP contribution in [0.15, 0.2) is 72.8 Å². The fourth-order valence-corrected chi connectivity index (χ4v) is 4.90. The van der Waals surface area contributed by atoms with Crippen LogP contribution in [0.1, 0.15) is 35.2 Å². The molecule has 12 nitrogen and oxygen atoms in total. The van der Waals surface area contributed by atoms with Gasteiger partial charge in [0.1, 0.15) is 17.5 Å². The molecule has 5 rings (SSSR count). The Hall–Kier alpha value is -5.96. The third-order valence-corrected chi connectivity index (χ3v) is 6.67. The van der Waals surface area contributed by atoms with Gasteiger partial charge in [0.05, 0.1) is 20.5 Å². The number of nitrogens with one attached hydrogen (secondary N) is 1. The van der Waals surface area contributed by atoms with E-state index in [4.69, 9.17) is 4.98 Å². The second-order valence-corrected chi connectivity index (χ2v) is 9.26. The highest BCUT2D eigenvalue weighted by atomic mass is 16.6. The Morgan fingerprint density at radius 3 is 2.15 bits per heavy atom. The van der Waals surface area contributed by atoms with Crippen molar-refractivity contribution in [3.63, 3.8) is 0 Å². The monoisotopic (exact) mass is 548 g/mol. The lowest BCUT2D eigenvalue weighted by Gasteiger charge is -2.24. The fraction of sp³-hybridized carbons (Fsp3) is 0.103. The quantitative estimate of drug-likeness (QED) is 0.189. The number of rotatable bonds is 7. The number of nitro groups is 3. The van der Waals surface area contributed by atoms with Crippen molar-refractivity contribution >= 4 is 40.2 Å². The van der Waals surface area contributed by atoms with Crippen molar-refractivity contribution in [2.75, 3.05) is 5.32 Å². The number of allylic oxidation sites excluding steroid dienone is 1. The van der Waals surface area contributed by atoms with Crippen LogP contribution in [0.25, 0.3) is 22.8 Å². The Morgan fingerprint density at radius 1 is 0.829 bits per heavy atom. The van der Waals surface area contributed by atoms with E-state index in [2.05, 4.69) is 11.4 Å². The number of hydrogen-bond acceptors (Lipinski definition) is 9. The molecule has 0 aliphatic heterocycles. The number of nitrogens with zero attached hydrogens (tertiary/aromatic N) is 5. The number of benzene rings is 3. The maximum absolute atomic E-state index is 11.6. The maximum atomic E-state index is 11.6. The summed E-state index contributed by atoms with van der Waals surface area (Å²) in [5.41, 5.74) is 3.64. The van der Waals surface area contributed by atoms with Crippen LogP contribution in [0.3, 0.4) is 0 Å². The zero-order valence-electron chi connectivity index (χ0n) is 21.3. The summed E-state index contributed by atoms with van der Waals surface area (Å²) >= 11 is 0. The average Bonchev–Trinajstić information content (AvgIpc) is 2.97. The number of nitro benzene ring substituents is 3. The van der Waals surface area contributed by atoms with Crippen LogP contribution in [0.5, 0.6) is 0 Å². The number of nitriles is 1. The Labute approximate surface area is 232 Å². The molecular formula is C29H20N6O6. The maximum Gasteiger partial charge on any atom is 0.271 e. The highest BCUT2D eigenvalue weighted by Crippen LogP contribution is 2.42. The third-order valence-electron chi connectivity index (χ3n) is 6.67. The number of pyridine rings is 1. The zero-order valence-corrected chi connectivity index (χ0v) is 21.3. The minimum atomic E-state index is -0.537. The van der Waals surface area contributed by atoms with Gasteiger partial charge >= 0.3 is 0 Å². The van der Waals surface area contributed by atoms with Gasteiger partial charge in [-0.3, -0.25) is 30.3 Å². The first-order valence-electron chi connectivity index (χ1n) is 12.4. The van der Waals surface area contributed by atoms with Gasteiger partial charge in [-0.25, -0.2) is 4.98 Å². The van der Waals surface area contributed by atoms with E-state index in [0.717, 1.165) is 11.1 Å². The molecule has 0 fully saturated rings. The molecule has 1 heterocycles. The molecule has 1 aliphatic carbocycles. The molecule has 1 N–H and O–H groups in total. The van der Waals surface area contributed by atoms with Crippen molar-refractivity contribution in [2.24, 2.45) is 0 Å². The Bertz CT molecular complexity index is 1810. The van der Waals surface area contributed by atoms with Gasteiger partial charge in [0, 0.05) is 47.6 Å². The molecule has 0 atom stereocenters. The first-order valence-corrected chi connectivity index (χ1v) is 12.4. The first-order chi connectivity index (χ1) is 19.7. The van der Waals surface area contributed by atoms with Crippen molar-refractivity contribution in [2.45, 2.75) is 19.3 Å². The largest absolute Gasteiger partial charge is 0.339 e. The third kappa shape index (κ3) is 5.45. The van der Waals surface area contributed by atoms with Gasteiger partial charge in [0.2, 0.25) is 0 Å². The minimum absolute atomic E-state index is 0.0616. The Morgan fingerprint density at radius 2 is 1.46 bits per heavy atom. The summed E-state index contributed by atoms with van der Waals surface area (Å²) < 4.78 is 0. The molecule has 0 saturated heterocycles. The van der Waals surface area contributed by atoms with Crippen LogP contribution in [0.4, 0.5) is 28.6 Å². The van der Waals surface area contributed by atoms with E-state index in [1.54, 1.807) is 30.3 Å². The summed E-state index contributed by atoms with van der Waals surface area (Å²) in [6, 6.07) is 20.1. The van der Waals surface area contributed by atoms with Gasteiger partial charge in [0.15, 0.2) is 0 Å². The highest BCUT2D eigenvalue weighted by Gasteiger charge is 2.27. The van der Waals surface area contributed by atoms with Crippen molar-refractivity contribution in [3.8, 4) is 17.2 Å². The standard InChI is InChI=1S/C29H20N6O6/c30-17-26-27(19-6-2-10-23(15-19)34(38)39)25-12-3-7-20(13-18-5-1-9-22(14-18)33(36)37)28(25)32-29(26)31-21-8-4-11-24(16-21)35(40)41/h1-2,4-6,8-11,13-16H,3,7,12H2,(H,31,32)/b20-13-. The first kappa shape index (κ1) is 26.6. The molecule has 4 aromatic rings. The number of hydrogen-bond donors (Lipinski definition) is 1. The molecule has 1 aliphatic rings. The van der Waals surface area contributed by atoms with Gasteiger partial charge in [-0.2, -0.15) is 5.26 Å². The molecule has 202 valence electrons.